The second-order valence-electron chi connectivity index (χ2n) is 4.41. The Morgan fingerprint density at radius 1 is 1.10 bits per heavy atom. The van der Waals surface area contributed by atoms with Gasteiger partial charge in [-0.15, -0.1) is 0 Å². The van der Waals surface area contributed by atoms with E-state index in [1.165, 1.54) is 11.1 Å². The summed E-state index contributed by atoms with van der Waals surface area (Å²) in [4.78, 5) is 19.5. The van der Waals surface area contributed by atoms with Gasteiger partial charge in [-0.1, -0.05) is 24.3 Å². The number of nitrogens with two attached hydrogens (primary N) is 1. The summed E-state index contributed by atoms with van der Waals surface area (Å²) in [6.45, 7) is 0. The molecule has 0 radical (unpaired) electrons. The first kappa shape index (κ1) is 16.1. The second-order valence-corrected chi connectivity index (χ2v) is 4.41. The van der Waals surface area contributed by atoms with Crippen LogP contribution in [0.5, 0.6) is 0 Å². The highest BCUT2D eigenvalue weighted by Crippen LogP contribution is 2.28. The largest absolute Gasteiger partial charge is 0.479 e. The molecule has 0 saturated heterocycles. The van der Waals surface area contributed by atoms with Crippen LogP contribution >= 0.6 is 0 Å². The molecule has 1 aromatic carbocycles. The molecule has 0 amide bonds. The Hall–Kier alpha value is -1.96. The monoisotopic (exact) mass is 283 g/mol. The van der Waals surface area contributed by atoms with Gasteiger partial charge < -0.3 is 26.2 Å². The van der Waals surface area contributed by atoms with Crippen molar-refractivity contribution in [3.8, 4) is 0 Å². The average Bonchev–Trinajstić information content (AvgIpc) is 2.80. The Bertz CT molecular complexity index is 472. The van der Waals surface area contributed by atoms with Gasteiger partial charge in [0.2, 0.25) is 0 Å². The molecule has 3 atom stereocenters. The van der Waals surface area contributed by atoms with E-state index in [1.54, 1.807) is 0 Å². The molecule has 0 unspecified atom stereocenters. The summed E-state index contributed by atoms with van der Waals surface area (Å²) < 4.78 is 0. The summed E-state index contributed by atoms with van der Waals surface area (Å²) >= 11 is 0. The normalized spacial score (nSPS) is 19.2. The van der Waals surface area contributed by atoms with E-state index in [-0.39, 0.29) is 0 Å². The molecule has 0 bridgehead atoms. The molecule has 7 heteroatoms. The van der Waals surface area contributed by atoms with Crippen molar-refractivity contribution in [2.24, 2.45) is 5.73 Å². The lowest BCUT2D eigenvalue weighted by Gasteiger charge is -2.07. The summed E-state index contributed by atoms with van der Waals surface area (Å²) in [5, 5.41) is 32.5. The Kier molecular flexibility index (Phi) is 5.63. The number of aliphatic hydroxyl groups is 2. The van der Waals surface area contributed by atoms with Gasteiger partial charge in [0.1, 0.15) is 0 Å². The third kappa shape index (κ3) is 4.02. The van der Waals surface area contributed by atoms with E-state index in [2.05, 4.69) is 24.3 Å². The number of aryl methyl sites for hydroxylation is 1. The lowest BCUT2D eigenvalue weighted by Crippen LogP contribution is -2.39. The number of carboxylic acids is 2. The van der Waals surface area contributed by atoms with Crippen molar-refractivity contribution >= 4 is 11.9 Å². The smallest absolute Gasteiger partial charge is 0.335 e. The first-order valence-electron chi connectivity index (χ1n) is 5.99. The molecular weight excluding hydrogens is 266 g/mol. The third-order valence-corrected chi connectivity index (χ3v) is 2.98. The molecular formula is C13H17NO6. The van der Waals surface area contributed by atoms with Crippen molar-refractivity contribution in [2.75, 3.05) is 0 Å². The van der Waals surface area contributed by atoms with Gasteiger partial charge in [-0.05, 0) is 24.0 Å². The summed E-state index contributed by atoms with van der Waals surface area (Å²) in [5.41, 5.74) is 8.64. The van der Waals surface area contributed by atoms with Crippen LogP contribution in [-0.4, -0.2) is 44.6 Å². The average molecular weight is 283 g/mol. The molecule has 1 aromatic rings. The minimum absolute atomic E-state index is 0.302. The predicted octanol–water partition coefficient (Wildman–Crippen LogP) is -0.490. The maximum Gasteiger partial charge on any atom is 0.335 e. The van der Waals surface area contributed by atoms with Gasteiger partial charge in [0.15, 0.2) is 12.2 Å². The van der Waals surface area contributed by atoms with Crippen LogP contribution in [0.25, 0.3) is 0 Å². The fourth-order valence-electron chi connectivity index (χ4n) is 1.86. The van der Waals surface area contributed by atoms with Gasteiger partial charge >= 0.3 is 11.9 Å². The zero-order valence-electron chi connectivity index (χ0n) is 10.6. The minimum atomic E-state index is -2.27. The summed E-state index contributed by atoms with van der Waals surface area (Å²) in [6.07, 6.45) is -2.24. The molecule has 20 heavy (non-hydrogen) atoms. The fraction of sp³-hybridized carbons (Fsp3) is 0.385. The predicted molar refractivity (Wildman–Crippen MR) is 69.0 cm³/mol. The molecule has 2 rings (SSSR count). The highest BCUT2D eigenvalue weighted by Gasteiger charge is 2.29. The quantitative estimate of drug-likeness (QED) is 0.504. The van der Waals surface area contributed by atoms with Gasteiger partial charge in [0.05, 0.1) is 0 Å². The van der Waals surface area contributed by atoms with Crippen LogP contribution in [0.1, 0.15) is 23.6 Å². The van der Waals surface area contributed by atoms with Crippen molar-refractivity contribution < 1.29 is 30.0 Å². The van der Waals surface area contributed by atoms with Crippen molar-refractivity contribution in [3.63, 3.8) is 0 Å². The number of aliphatic carboxylic acids is 2. The van der Waals surface area contributed by atoms with E-state index in [0.29, 0.717) is 6.04 Å². The van der Waals surface area contributed by atoms with Crippen molar-refractivity contribution in [1.29, 1.82) is 0 Å². The number of carboxylic acid groups (broad SMARTS) is 2. The zero-order chi connectivity index (χ0) is 15.3. The third-order valence-electron chi connectivity index (χ3n) is 2.98. The summed E-state index contributed by atoms with van der Waals surface area (Å²) in [5.74, 6) is -3.54. The zero-order valence-corrected chi connectivity index (χ0v) is 10.6. The Balaban J connectivity index is 0.000000200. The molecule has 0 fully saturated rings. The van der Waals surface area contributed by atoms with Gasteiger partial charge in [-0.3, -0.25) is 0 Å². The van der Waals surface area contributed by atoms with Gasteiger partial charge in [-0.2, -0.15) is 0 Å². The van der Waals surface area contributed by atoms with Crippen LogP contribution in [0.4, 0.5) is 0 Å². The topological polar surface area (TPSA) is 141 Å². The maximum atomic E-state index is 9.77. The highest BCUT2D eigenvalue weighted by molar-refractivity contribution is 5.83. The molecule has 7 nitrogen and oxygen atoms in total. The number of rotatable bonds is 3. The van der Waals surface area contributed by atoms with E-state index < -0.39 is 24.1 Å². The molecule has 6 N–H and O–H groups in total. The van der Waals surface area contributed by atoms with Gasteiger partial charge in [0, 0.05) is 6.04 Å². The van der Waals surface area contributed by atoms with Crippen LogP contribution in [0.2, 0.25) is 0 Å². The van der Waals surface area contributed by atoms with E-state index in [4.69, 9.17) is 26.2 Å². The van der Waals surface area contributed by atoms with Crippen molar-refractivity contribution in [3.05, 3.63) is 35.4 Å². The summed E-state index contributed by atoms with van der Waals surface area (Å²) in [6, 6.07) is 8.74. The van der Waals surface area contributed by atoms with Crippen LogP contribution in [-0.2, 0) is 16.0 Å². The number of hydrogen-bond donors (Lipinski definition) is 5. The highest BCUT2D eigenvalue weighted by atomic mass is 16.4. The van der Waals surface area contributed by atoms with E-state index in [9.17, 15) is 9.59 Å². The van der Waals surface area contributed by atoms with E-state index in [1.807, 2.05) is 0 Å². The SMILES string of the molecule is N[C@@H]1CCc2ccccc21.O=C(O)[C@H](O)[C@@H](O)C(=O)O. The number of fused-ring (bicyclic) bond motifs is 1. The van der Waals surface area contributed by atoms with Crippen molar-refractivity contribution in [2.45, 2.75) is 31.1 Å². The Labute approximate surface area is 115 Å². The minimum Gasteiger partial charge on any atom is -0.479 e. The molecule has 110 valence electrons. The van der Waals surface area contributed by atoms with Crippen molar-refractivity contribution in [1.82, 2.24) is 0 Å². The van der Waals surface area contributed by atoms with Gasteiger partial charge in [0.25, 0.3) is 0 Å². The Morgan fingerprint density at radius 3 is 2.05 bits per heavy atom. The fourth-order valence-corrected chi connectivity index (χ4v) is 1.86. The standard InChI is InChI=1S/C9H11N.C4H6O6/c10-9-6-5-7-3-1-2-4-8(7)9;5-1(3(7)8)2(6)4(9)10/h1-4,9H,5-6,10H2;1-2,5-6H,(H,7,8)(H,9,10)/t9-;1-,2-/m11/s1. The first-order valence-corrected chi connectivity index (χ1v) is 5.99. The number of hydrogen-bond acceptors (Lipinski definition) is 5. The second kappa shape index (κ2) is 6.99. The lowest BCUT2D eigenvalue weighted by molar-refractivity contribution is -0.165. The van der Waals surface area contributed by atoms with E-state index in [0.717, 1.165) is 12.8 Å². The van der Waals surface area contributed by atoms with E-state index >= 15 is 0 Å². The van der Waals surface area contributed by atoms with Crippen LogP contribution in [0, 0.1) is 0 Å². The molecule has 0 saturated carbocycles. The molecule has 0 heterocycles. The van der Waals surface area contributed by atoms with Gasteiger partial charge in [-0.25, -0.2) is 9.59 Å². The molecule has 0 spiro atoms. The molecule has 1 aliphatic rings. The summed E-state index contributed by atoms with van der Waals surface area (Å²) in [7, 11) is 0. The van der Waals surface area contributed by atoms with Crippen LogP contribution < -0.4 is 5.73 Å². The molecule has 1 aliphatic carbocycles. The maximum absolute atomic E-state index is 9.77. The lowest BCUT2D eigenvalue weighted by atomic mass is 10.1. The van der Waals surface area contributed by atoms with Crippen LogP contribution in [0.3, 0.4) is 0 Å². The number of benzene rings is 1. The number of carbonyl (C=O) groups is 2. The number of aliphatic hydroxyl groups excluding tert-OH is 2. The molecule has 0 aliphatic heterocycles. The first-order chi connectivity index (χ1) is 9.34. The Morgan fingerprint density at radius 2 is 1.60 bits per heavy atom. The molecule has 0 aromatic heterocycles. The van der Waals surface area contributed by atoms with Crippen LogP contribution in [0.15, 0.2) is 24.3 Å².